The molecule has 239 valence electrons. The van der Waals surface area contributed by atoms with Crippen LogP contribution in [0, 0.1) is 24.8 Å². The van der Waals surface area contributed by atoms with Gasteiger partial charge < -0.3 is 5.11 Å². The molecule has 0 aliphatic rings. The minimum Gasteiger partial charge on any atom is -0.512 e. The molecule has 0 aliphatic heterocycles. The van der Waals surface area contributed by atoms with Crippen molar-refractivity contribution in [1.29, 1.82) is 0 Å². The number of fused-ring (bicyclic) bond motifs is 3. The van der Waals surface area contributed by atoms with Crippen LogP contribution in [0.5, 0.6) is 0 Å². The van der Waals surface area contributed by atoms with Gasteiger partial charge in [-0.1, -0.05) is 89.7 Å². The Morgan fingerprint density at radius 2 is 1.47 bits per heavy atom. The molecule has 0 amide bonds. The van der Waals surface area contributed by atoms with Gasteiger partial charge in [-0.3, -0.25) is 9.78 Å². The maximum absolute atomic E-state index is 11.7. The second kappa shape index (κ2) is 15.6. The summed E-state index contributed by atoms with van der Waals surface area (Å²) in [6.45, 7) is 12.1. The maximum Gasteiger partial charge on any atom is 0.162 e. The third kappa shape index (κ3) is 8.19. The molecular formula is C38H45IrN4O2-. The molecule has 5 aromatic rings. The zero-order chi connectivity index (χ0) is 34.5. The summed E-state index contributed by atoms with van der Waals surface area (Å²) in [7, 11) is 0. The van der Waals surface area contributed by atoms with Crippen LogP contribution in [0.4, 0.5) is 0 Å². The molecule has 1 radical (unpaired) electrons. The Balaban J connectivity index is 0.000000334. The molecule has 0 bridgehead atoms. The summed E-state index contributed by atoms with van der Waals surface area (Å²) in [6.07, 6.45) is 4.91. The van der Waals surface area contributed by atoms with Crippen LogP contribution in [-0.2, 0) is 30.3 Å². The van der Waals surface area contributed by atoms with E-state index in [0.717, 1.165) is 42.0 Å². The number of aryl methyl sites for hydroxylation is 1. The monoisotopic (exact) mass is 785 g/mol. The summed E-state index contributed by atoms with van der Waals surface area (Å²) in [5.41, 5.74) is 4.00. The van der Waals surface area contributed by atoms with E-state index in [4.69, 9.17) is 9.10 Å². The van der Waals surface area contributed by atoms with Gasteiger partial charge in [-0.2, -0.15) is 10.2 Å². The Morgan fingerprint density at radius 3 is 2.04 bits per heavy atom. The molecule has 0 atom stereocenters. The van der Waals surface area contributed by atoms with E-state index in [1.165, 1.54) is 6.08 Å². The quantitative estimate of drug-likeness (QED) is 0.0730. The average molecular weight is 785 g/mol. The smallest absolute Gasteiger partial charge is 0.162 e. The molecule has 0 aliphatic carbocycles. The number of nitrogens with zero attached hydrogens (tertiary/aromatic N) is 4. The molecule has 0 saturated carbocycles. The fourth-order valence-electron chi connectivity index (χ4n) is 5.46. The zero-order valence-electron chi connectivity index (χ0n) is 30.2. The number of aliphatic hydroxyl groups excluding tert-OH is 1. The number of aromatic nitrogens is 4. The van der Waals surface area contributed by atoms with E-state index >= 15 is 0 Å². The fraction of sp³-hybridized carbons (Fsp3) is 0.395. The predicted molar refractivity (Wildman–Crippen MR) is 182 cm³/mol. The van der Waals surface area contributed by atoms with Crippen molar-refractivity contribution in [2.24, 2.45) is 11.8 Å². The normalized spacial score (nSPS) is 13.3. The van der Waals surface area contributed by atoms with Gasteiger partial charge in [0.05, 0.1) is 33.7 Å². The van der Waals surface area contributed by atoms with Crippen molar-refractivity contribution >= 4 is 38.6 Å². The largest absolute Gasteiger partial charge is 0.512 e. The van der Waals surface area contributed by atoms with Crippen LogP contribution in [0.2, 0.25) is 0 Å². The zero-order valence-corrected chi connectivity index (χ0v) is 29.6. The number of carbonyl (C=O) groups is 1. The number of hydrogen-bond donors (Lipinski definition) is 1. The number of carbonyl (C=O) groups excluding carboxylic acids is 1. The van der Waals surface area contributed by atoms with Gasteiger partial charge in [0.2, 0.25) is 0 Å². The number of ketones is 1. The number of rotatable bonds is 8. The van der Waals surface area contributed by atoms with Crippen molar-refractivity contribution < 1.29 is 34.1 Å². The van der Waals surface area contributed by atoms with E-state index in [2.05, 4.69) is 54.2 Å². The third-order valence-corrected chi connectivity index (χ3v) is 8.19. The van der Waals surface area contributed by atoms with E-state index in [0.29, 0.717) is 27.8 Å². The Bertz CT molecular complexity index is 1910. The van der Waals surface area contributed by atoms with E-state index < -0.39 is 6.85 Å². The molecule has 3 aromatic carbocycles. The SMILES string of the molecule is CCC(CC)C(=O)/C=C(\O)C(CC)CC.[2H]C([2H])([2H])c1nnc(-c2[c-]c3ccccc3c(C(C)(C)C)c2)c2nc3ccccc3nc12.[Ir]. The van der Waals surface area contributed by atoms with Crippen LogP contribution in [0.1, 0.15) is 89.5 Å². The summed E-state index contributed by atoms with van der Waals surface area (Å²) in [5, 5.41) is 20.3. The predicted octanol–water partition coefficient (Wildman–Crippen LogP) is 9.67. The molecule has 5 rings (SSSR count). The van der Waals surface area contributed by atoms with Crippen molar-refractivity contribution in [3.05, 3.63) is 83.8 Å². The van der Waals surface area contributed by atoms with Crippen LogP contribution in [0.25, 0.3) is 44.1 Å². The number of para-hydroxylation sites is 2. The van der Waals surface area contributed by atoms with Crippen molar-refractivity contribution in [2.45, 2.75) is 86.4 Å². The van der Waals surface area contributed by atoms with Crippen molar-refractivity contribution in [1.82, 2.24) is 20.2 Å². The minimum absolute atomic E-state index is 0. The minimum atomic E-state index is -2.45. The first-order valence-electron chi connectivity index (χ1n) is 17.1. The first kappa shape index (κ1) is 31.4. The molecule has 0 saturated heterocycles. The fourth-order valence-corrected chi connectivity index (χ4v) is 5.46. The van der Waals surface area contributed by atoms with Crippen LogP contribution in [-0.4, -0.2) is 31.1 Å². The van der Waals surface area contributed by atoms with Gasteiger partial charge in [-0.25, -0.2) is 4.98 Å². The molecule has 2 heterocycles. The van der Waals surface area contributed by atoms with E-state index in [1.54, 1.807) is 0 Å². The van der Waals surface area contributed by atoms with Crippen molar-refractivity contribution in [3.8, 4) is 11.3 Å². The molecule has 1 N–H and O–H groups in total. The number of hydrogen-bond acceptors (Lipinski definition) is 6. The molecule has 6 nitrogen and oxygen atoms in total. The molecule has 0 fully saturated rings. The summed E-state index contributed by atoms with van der Waals surface area (Å²) >= 11 is 0. The number of benzene rings is 3. The standard InChI is InChI=1S/C25H21N4.C13H24O2.Ir/c1-15-22-24(27-21-12-8-7-11-20(21)26-22)23(29-28-15)17-13-16-9-5-6-10-18(16)19(14-17)25(2,3)4;1-5-10(6-2)12(14)9-13(15)11(7-3)8-4;/h5-12,14H,1-4H3;9-11,14H,5-8H2,1-4H3;/q-1;;/b;12-9-;/i1D3;;. The van der Waals surface area contributed by atoms with Gasteiger partial charge in [0.15, 0.2) is 5.78 Å². The second-order valence-corrected chi connectivity index (χ2v) is 12.2. The van der Waals surface area contributed by atoms with E-state index in [-0.39, 0.29) is 60.1 Å². The summed E-state index contributed by atoms with van der Waals surface area (Å²) in [6, 6.07) is 21.0. The Morgan fingerprint density at radius 1 is 0.889 bits per heavy atom. The third-order valence-electron chi connectivity index (χ3n) is 8.19. The Hall–Kier alpha value is -3.54. The van der Waals surface area contributed by atoms with Crippen LogP contribution < -0.4 is 0 Å². The Labute approximate surface area is 285 Å². The molecule has 0 unspecified atom stereocenters. The van der Waals surface area contributed by atoms with Crippen molar-refractivity contribution in [3.63, 3.8) is 0 Å². The maximum atomic E-state index is 11.7. The van der Waals surface area contributed by atoms with Gasteiger partial charge in [-0.15, -0.1) is 29.1 Å². The average Bonchev–Trinajstić information content (AvgIpc) is 3.03. The van der Waals surface area contributed by atoms with Crippen LogP contribution in [0.15, 0.2) is 66.4 Å². The molecule has 2 aromatic heterocycles. The topological polar surface area (TPSA) is 88.9 Å². The van der Waals surface area contributed by atoms with E-state index in [1.807, 2.05) is 70.2 Å². The first-order valence-corrected chi connectivity index (χ1v) is 15.6. The van der Waals surface area contributed by atoms with Gasteiger partial charge >= 0.3 is 0 Å². The molecule has 0 spiro atoms. The summed E-state index contributed by atoms with van der Waals surface area (Å²) < 4.78 is 23.8. The molecule has 45 heavy (non-hydrogen) atoms. The molecule has 7 heteroatoms. The van der Waals surface area contributed by atoms with Gasteiger partial charge in [0, 0.05) is 42.1 Å². The van der Waals surface area contributed by atoms with Gasteiger partial charge in [-0.05, 0) is 50.1 Å². The first-order chi connectivity index (χ1) is 22.2. The summed E-state index contributed by atoms with van der Waals surface area (Å²) in [5.74, 6) is 0.547. The second-order valence-electron chi connectivity index (χ2n) is 12.2. The van der Waals surface area contributed by atoms with Crippen LogP contribution >= 0.6 is 0 Å². The number of aliphatic hydroxyl groups is 1. The van der Waals surface area contributed by atoms with Crippen LogP contribution in [0.3, 0.4) is 0 Å². The van der Waals surface area contributed by atoms with Gasteiger partial charge in [0.1, 0.15) is 5.52 Å². The summed E-state index contributed by atoms with van der Waals surface area (Å²) in [4.78, 5) is 21.1. The van der Waals surface area contributed by atoms with Crippen molar-refractivity contribution in [2.75, 3.05) is 0 Å². The Kier molecular flexibility index (Phi) is 10.9. The number of allylic oxidation sites excluding steroid dienone is 2. The van der Waals surface area contributed by atoms with E-state index in [9.17, 15) is 9.90 Å². The van der Waals surface area contributed by atoms with Gasteiger partial charge in [0.25, 0.3) is 0 Å². The molecular weight excluding hydrogens is 737 g/mol.